The standard InChI is InChI=1S/C14H10O.C2H4O2/c15-14-12-7-3-1-5-10(12)9-11-6-2-4-8-13(11)14;1-2(3)4/h1-8H,9H2;1H3,(H,3,4). The summed E-state index contributed by atoms with van der Waals surface area (Å²) in [6.45, 7) is 1.08. The van der Waals surface area contributed by atoms with E-state index in [1.54, 1.807) is 0 Å². The van der Waals surface area contributed by atoms with E-state index >= 15 is 0 Å². The number of benzene rings is 2. The van der Waals surface area contributed by atoms with Crippen molar-refractivity contribution in [2.45, 2.75) is 13.3 Å². The predicted molar refractivity (Wildman–Crippen MR) is 72.4 cm³/mol. The van der Waals surface area contributed by atoms with E-state index in [-0.39, 0.29) is 5.78 Å². The van der Waals surface area contributed by atoms with Crippen LogP contribution in [0.15, 0.2) is 48.5 Å². The van der Waals surface area contributed by atoms with Gasteiger partial charge in [0.1, 0.15) is 0 Å². The number of rotatable bonds is 0. The van der Waals surface area contributed by atoms with Crippen LogP contribution < -0.4 is 0 Å². The number of carbonyl (C=O) groups is 2. The number of ketones is 1. The lowest BCUT2D eigenvalue weighted by Gasteiger charge is -2.17. The van der Waals surface area contributed by atoms with Crippen molar-refractivity contribution >= 4 is 11.8 Å². The number of hydrogen-bond donors (Lipinski definition) is 1. The van der Waals surface area contributed by atoms with Crippen molar-refractivity contribution in [2.75, 3.05) is 0 Å². The Morgan fingerprint density at radius 2 is 1.32 bits per heavy atom. The molecule has 0 bridgehead atoms. The summed E-state index contributed by atoms with van der Waals surface area (Å²) in [5, 5.41) is 7.42. The first-order chi connectivity index (χ1) is 9.09. The molecule has 1 N–H and O–H groups in total. The molecular formula is C16H14O3. The molecule has 0 atom stereocenters. The van der Waals surface area contributed by atoms with E-state index in [4.69, 9.17) is 9.90 Å². The van der Waals surface area contributed by atoms with Gasteiger partial charge in [0, 0.05) is 18.1 Å². The molecular weight excluding hydrogens is 240 g/mol. The molecule has 0 aliphatic heterocycles. The summed E-state index contributed by atoms with van der Waals surface area (Å²) >= 11 is 0. The van der Waals surface area contributed by atoms with E-state index in [1.165, 1.54) is 0 Å². The van der Waals surface area contributed by atoms with Crippen molar-refractivity contribution in [3.63, 3.8) is 0 Å². The molecule has 0 radical (unpaired) electrons. The molecule has 0 fully saturated rings. The Balaban J connectivity index is 0.000000297. The van der Waals surface area contributed by atoms with Gasteiger partial charge >= 0.3 is 0 Å². The molecule has 1 aliphatic carbocycles. The minimum Gasteiger partial charge on any atom is -0.481 e. The number of carbonyl (C=O) groups excluding carboxylic acids is 1. The van der Waals surface area contributed by atoms with Gasteiger partial charge in [-0.25, -0.2) is 0 Å². The quantitative estimate of drug-likeness (QED) is 0.671. The maximum absolute atomic E-state index is 12.1. The molecule has 3 nitrogen and oxygen atoms in total. The fraction of sp³-hybridized carbons (Fsp3) is 0.125. The van der Waals surface area contributed by atoms with Gasteiger partial charge < -0.3 is 5.11 Å². The first-order valence-corrected chi connectivity index (χ1v) is 5.99. The van der Waals surface area contributed by atoms with Crippen molar-refractivity contribution in [1.29, 1.82) is 0 Å². The lowest BCUT2D eigenvalue weighted by atomic mass is 9.85. The lowest BCUT2D eigenvalue weighted by molar-refractivity contribution is -0.134. The maximum atomic E-state index is 12.1. The third-order valence-corrected chi connectivity index (χ3v) is 2.90. The Morgan fingerprint density at radius 1 is 0.947 bits per heavy atom. The molecule has 3 rings (SSSR count). The lowest BCUT2D eigenvalue weighted by Crippen LogP contribution is -2.14. The van der Waals surface area contributed by atoms with Gasteiger partial charge in [-0.1, -0.05) is 48.5 Å². The summed E-state index contributed by atoms with van der Waals surface area (Å²) in [4.78, 5) is 21.1. The molecule has 0 unspecified atom stereocenters. The molecule has 0 amide bonds. The van der Waals surface area contributed by atoms with Crippen LogP contribution >= 0.6 is 0 Å². The second kappa shape index (κ2) is 5.48. The summed E-state index contributed by atoms with van der Waals surface area (Å²) in [7, 11) is 0. The normalized spacial score (nSPS) is 11.7. The topological polar surface area (TPSA) is 54.4 Å². The highest BCUT2D eigenvalue weighted by molar-refractivity contribution is 6.12. The predicted octanol–water partition coefficient (Wildman–Crippen LogP) is 2.91. The van der Waals surface area contributed by atoms with Crippen LogP contribution in [0.5, 0.6) is 0 Å². The molecule has 0 heterocycles. The van der Waals surface area contributed by atoms with E-state index in [2.05, 4.69) is 0 Å². The zero-order valence-corrected chi connectivity index (χ0v) is 10.6. The number of aliphatic carboxylic acids is 1. The molecule has 19 heavy (non-hydrogen) atoms. The van der Waals surface area contributed by atoms with Crippen molar-refractivity contribution in [3.05, 3.63) is 70.8 Å². The molecule has 0 spiro atoms. The van der Waals surface area contributed by atoms with Crippen LogP contribution in [0.1, 0.15) is 34.0 Å². The van der Waals surface area contributed by atoms with Crippen molar-refractivity contribution in [3.8, 4) is 0 Å². The summed E-state index contributed by atoms with van der Waals surface area (Å²) < 4.78 is 0. The highest BCUT2D eigenvalue weighted by Gasteiger charge is 2.21. The van der Waals surface area contributed by atoms with Gasteiger partial charge in [-0.05, 0) is 17.5 Å². The second-order valence-corrected chi connectivity index (χ2v) is 4.34. The van der Waals surface area contributed by atoms with E-state index < -0.39 is 5.97 Å². The van der Waals surface area contributed by atoms with Crippen LogP contribution in [-0.4, -0.2) is 16.9 Å². The maximum Gasteiger partial charge on any atom is 0.300 e. The van der Waals surface area contributed by atoms with Gasteiger partial charge in [-0.15, -0.1) is 0 Å². The minimum atomic E-state index is -0.833. The van der Waals surface area contributed by atoms with Gasteiger partial charge in [-0.2, -0.15) is 0 Å². The van der Waals surface area contributed by atoms with Crippen LogP contribution in [0, 0.1) is 0 Å². The number of hydrogen-bond acceptors (Lipinski definition) is 2. The Kier molecular flexibility index (Phi) is 3.76. The summed E-state index contributed by atoms with van der Waals surface area (Å²) in [5.74, 6) is -0.674. The smallest absolute Gasteiger partial charge is 0.300 e. The van der Waals surface area contributed by atoms with E-state index in [1.807, 2.05) is 48.5 Å². The van der Waals surface area contributed by atoms with Crippen LogP contribution in [0.25, 0.3) is 0 Å². The Labute approximate surface area is 111 Å². The van der Waals surface area contributed by atoms with Gasteiger partial charge in [-0.3, -0.25) is 9.59 Å². The summed E-state index contributed by atoms with van der Waals surface area (Å²) in [6.07, 6.45) is 0.873. The first kappa shape index (κ1) is 13.0. The fourth-order valence-corrected chi connectivity index (χ4v) is 2.14. The minimum absolute atomic E-state index is 0.160. The molecule has 96 valence electrons. The van der Waals surface area contributed by atoms with Gasteiger partial charge in [0.25, 0.3) is 5.97 Å². The Hall–Kier alpha value is -2.42. The average molecular weight is 254 g/mol. The van der Waals surface area contributed by atoms with E-state index in [0.29, 0.717) is 0 Å². The molecule has 0 saturated heterocycles. The first-order valence-electron chi connectivity index (χ1n) is 5.99. The molecule has 0 saturated carbocycles. The molecule has 1 aliphatic rings. The Bertz CT molecular complexity index is 578. The Morgan fingerprint density at radius 3 is 1.74 bits per heavy atom. The summed E-state index contributed by atoms with van der Waals surface area (Å²) in [5.41, 5.74) is 4.00. The molecule has 2 aromatic rings. The molecule has 2 aromatic carbocycles. The highest BCUT2D eigenvalue weighted by atomic mass is 16.4. The van der Waals surface area contributed by atoms with Gasteiger partial charge in [0.2, 0.25) is 0 Å². The van der Waals surface area contributed by atoms with Crippen LogP contribution in [-0.2, 0) is 11.2 Å². The number of fused-ring (bicyclic) bond motifs is 2. The third-order valence-electron chi connectivity index (χ3n) is 2.90. The monoisotopic (exact) mass is 254 g/mol. The van der Waals surface area contributed by atoms with Crippen molar-refractivity contribution < 1.29 is 14.7 Å². The van der Waals surface area contributed by atoms with E-state index in [9.17, 15) is 4.79 Å². The van der Waals surface area contributed by atoms with Crippen molar-refractivity contribution in [2.24, 2.45) is 0 Å². The number of carboxylic acid groups (broad SMARTS) is 1. The van der Waals surface area contributed by atoms with Crippen LogP contribution in [0.2, 0.25) is 0 Å². The zero-order valence-electron chi connectivity index (χ0n) is 10.6. The molecule has 3 heteroatoms. The van der Waals surface area contributed by atoms with E-state index in [0.717, 1.165) is 35.6 Å². The summed E-state index contributed by atoms with van der Waals surface area (Å²) in [6, 6.07) is 15.7. The fourth-order valence-electron chi connectivity index (χ4n) is 2.14. The van der Waals surface area contributed by atoms with Crippen LogP contribution in [0.4, 0.5) is 0 Å². The highest BCUT2D eigenvalue weighted by Crippen LogP contribution is 2.26. The largest absolute Gasteiger partial charge is 0.481 e. The van der Waals surface area contributed by atoms with Gasteiger partial charge in [0.15, 0.2) is 5.78 Å². The average Bonchev–Trinajstić information content (AvgIpc) is 2.38. The second-order valence-electron chi connectivity index (χ2n) is 4.34. The van der Waals surface area contributed by atoms with Gasteiger partial charge in [0.05, 0.1) is 0 Å². The SMILES string of the molecule is CC(=O)O.O=C1c2ccccc2Cc2ccccc21. The van der Waals surface area contributed by atoms with Crippen molar-refractivity contribution in [1.82, 2.24) is 0 Å². The third kappa shape index (κ3) is 2.88. The number of carboxylic acids is 1. The zero-order chi connectivity index (χ0) is 13.8. The van der Waals surface area contributed by atoms with Crippen LogP contribution in [0.3, 0.4) is 0 Å². The molecule has 0 aromatic heterocycles.